The summed E-state index contributed by atoms with van der Waals surface area (Å²) in [6.45, 7) is 0. The predicted molar refractivity (Wildman–Crippen MR) is 53.1 cm³/mol. The summed E-state index contributed by atoms with van der Waals surface area (Å²) < 4.78 is 0. The Morgan fingerprint density at radius 2 is 2.29 bits per heavy atom. The lowest BCUT2D eigenvalue weighted by molar-refractivity contribution is -0.136. The van der Waals surface area contributed by atoms with Gasteiger partial charge >= 0.3 is 0 Å². The molecule has 0 aromatic heterocycles. The van der Waals surface area contributed by atoms with Crippen LogP contribution >= 0.6 is 0 Å². The van der Waals surface area contributed by atoms with E-state index < -0.39 is 0 Å². The first-order valence-corrected chi connectivity index (χ1v) is 4.94. The maximum Gasteiger partial charge on any atom is 0.229 e. The maximum atomic E-state index is 11.3. The second kappa shape index (κ2) is 5.42. The van der Waals surface area contributed by atoms with Crippen molar-refractivity contribution >= 4 is 11.8 Å². The van der Waals surface area contributed by atoms with Gasteiger partial charge in [0, 0.05) is 12.3 Å². The zero-order chi connectivity index (χ0) is 10.4. The van der Waals surface area contributed by atoms with Gasteiger partial charge in [-0.15, -0.1) is 0 Å². The minimum Gasteiger partial charge on any atom is -0.405 e. The highest BCUT2D eigenvalue weighted by Crippen LogP contribution is 2.18. The monoisotopic (exact) mass is 196 g/mol. The van der Waals surface area contributed by atoms with Crippen molar-refractivity contribution in [3.05, 3.63) is 12.3 Å². The highest BCUT2D eigenvalue weighted by atomic mass is 16.2. The Labute approximate surface area is 83.5 Å². The summed E-state index contributed by atoms with van der Waals surface area (Å²) in [6, 6.07) is 0. The SMILES string of the molecule is N/C=C/CCCC1CCC(=O)NC1=O. The van der Waals surface area contributed by atoms with Crippen LogP contribution < -0.4 is 11.1 Å². The Kier molecular flexibility index (Phi) is 4.16. The van der Waals surface area contributed by atoms with Crippen LogP contribution in [0.1, 0.15) is 32.1 Å². The van der Waals surface area contributed by atoms with Gasteiger partial charge in [0.1, 0.15) is 0 Å². The molecule has 0 aromatic carbocycles. The Bertz CT molecular complexity index is 249. The van der Waals surface area contributed by atoms with Gasteiger partial charge in [-0.3, -0.25) is 14.9 Å². The topological polar surface area (TPSA) is 72.2 Å². The molecule has 4 nitrogen and oxygen atoms in total. The van der Waals surface area contributed by atoms with Crippen LogP contribution in [0, 0.1) is 5.92 Å². The molecule has 1 aliphatic heterocycles. The van der Waals surface area contributed by atoms with Crippen LogP contribution in [0.15, 0.2) is 12.3 Å². The second-order valence-corrected chi connectivity index (χ2v) is 3.51. The molecule has 14 heavy (non-hydrogen) atoms. The number of allylic oxidation sites excluding steroid dienone is 1. The number of imide groups is 1. The number of carbonyl (C=O) groups is 2. The van der Waals surface area contributed by atoms with Gasteiger partial charge in [-0.25, -0.2) is 0 Å². The summed E-state index contributed by atoms with van der Waals surface area (Å²) >= 11 is 0. The van der Waals surface area contributed by atoms with Crippen molar-refractivity contribution in [1.29, 1.82) is 0 Å². The lowest BCUT2D eigenvalue weighted by Crippen LogP contribution is -2.40. The van der Waals surface area contributed by atoms with Gasteiger partial charge in [0.15, 0.2) is 0 Å². The number of hydrogen-bond donors (Lipinski definition) is 2. The van der Waals surface area contributed by atoms with E-state index in [1.54, 1.807) is 0 Å². The van der Waals surface area contributed by atoms with Gasteiger partial charge in [-0.2, -0.15) is 0 Å². The molecule has 1 aliphatic rings. The van der Waals surface area contributed by atoms with Crippen LogP contribution in [-0.2, 0) is 9.59 Å². The number of nitrogens with one attached hydrogen (secondary N) is 1. The molecule has 3 N–H and O–H groups in total. The zero-order valence-corrected chi connectivity index (χ0v) is 8.16. The summed E-state index contributed by atoms with van der Waals surface area (Å²) in [5.41, 5.74) is 5.19. The number of amides is 2. The van der Waals surface area contributed by atoms with Crippen molar-refractivity contribution in [2.45, 2.75) is 32.1 Å². The molecule has 0 aromatic rings. The van der Waals surface area contributed by atoms with Crippen LogP contribution in [-0.4, -0.2) is 11.8 Å². The van der Waals surface area contributed by atoms with Crippen LogP contribution in [0.3, 0.4) is 0 Å². The van der Waals surface area contributed by atoms with E-state index in [1.165, 1.54) is 6.20 Å². The van der Waals surface area contributed by atoms with E-state index in [2.05, 4.69) is 5.32 Å². The molecule has 0 radical (unpaired) electrons. The van der Waals surface area contributed by atoms with Crippen molar-refractivity contribution in [2.24, 2.45) is 11.7 Å². The first-order chi connectivity index (χ1) is 6.74. The van der Waals surface area contributed by atoms with Crippen molar-refractivity contribution in [3.63, 3.8) is 0 Å². The van der Waals surface area contributed by atoms with Gasteiger partial charge in [0.25, 0.3) is 0 Å². The molecule has 0 spiro atoms. The molecule has 4 heteroatoms. The molecular weight excluding hydrogens is 180 g/mol. The molecule has 0 aliphatic carbocycles. The third-order valence-corrected chi connectivity index (χ3v) is 2.41. The highest BCUT2D eigenvalue weighted by Gasteiger charge is 2.25. The Morgan fingerprint density at radius 3 is 2.93 bits per heavy atom. The molecular formula is C10H16N2O2. The Hall–Kier alpha value is -1.32. The number of hydrogen-bond acceptors (Lipinski definition) is 3. The third-order valence-electron chi connectivity index (χ3n) is 2.41. The largest absolute Gasteiger partial charge is 0.405 e. The summed E-state index contributed by atoms with van der Waals surface area (Å²) in [7, 11) is 0. The van der Waals surface area contributed by atoms with Gasteiger partial charge < -0.3 is 5.73 Å². The van der Waals surface area contributed by atoms with Crippen molar-refractivity contribution < 1.29 is 9.59 Å². The number of carbonyl (C=O) groups excluding carboxylic acids is 2. The first-order valence-electron chi connectivity index (χ1n) is 4.94. The van der Waals surface area contributed by atoms with E-state index >= 15 is 0 Å². The van der Waals surface area contributed by atoms with Crippen LogP contribution in [0.4, 0.5) is 0 Å². The molecule has 1 fully saturated rings. The van der Waals surface area contributed by atoms with E-state index in [0.29, 0.717) is 12.8 Å². The van der Waals surface area contributed by atoms with Crippen LogP contribution in [0.5, 0.6) is 0 Å². The fraction of sp³-hybridized carbons (Fsp3) is 0.600. The molecule has 1 rings (SSSR count). The molecule has 78 valence electrons. The van der Waals surface area contributed by atoms with E-state index in [1.807, 2.05) is 6.08 Å². The quantitative estimate of drug-likeness (QED) is 0.513. The number of nitrogens with two attached hydrogens (primary N) is 1. The third kappa shape index (κ3) is 3.20. The molecule has 2 amide bonds. The number of unbranched alkanes of at least 4 members (excludes halogenated alkanes) is 1. The molecule has 1 unspecified atom stereocenters. The van der Waals surface area contributed by atoms with Gasteiger partial charge in [0.05, 0.1) is 0 Å². The number of piperidine rings is 1. The average Bonchev–Trinajstić information content (AvgIpc) is 2.15. The van der Waals surface area contributed by atoms with E-state index in [0.717, 1.165) is 19.3 Å². The van der Waals surface area contributed by atoms with Crippen LogP contribution in [0.25, 0.3) is 0 Å². The van der Waals surface area contributed by atoms with Crippen LogP contribution in [0.2, 0.25) is 0 Å². The van der Waals surface area contributed by atoms with Crippen molar-refractivity contribution in [3.8, 4) is 0 Å². The lowest BCUT2D eigenvalue weighted by Gasteiger charge is -2.20. The fourth-order valence-electron chi connectivity index (χ4n) is 1.59. The summed E-state index contributed by atoms with van der Waals surface area (Å²) in [6.07, 6.45) is 7.24. The van der Waals surface area contributed by atoms with Gasteiger partial charge in [-0.05, 0) is 31.9 Å². The zero-order valence-electron chi connectivity index (χ0n) is 8.16. The summed E-state index contributed by atoms with van der Waals surface area (Å²) in [5.74, 6) is -0.245. The lowest BCUT2D eigenvalue weighted by atomic mass is 9.93. The highest BCUT2D eigenvalue weighted by molar-refractivity contribution is 5.98. The average molecular weight is 196 g/mol. The Balaban J connectivity index is 2.24. The molecule has 1 saturated heterocycles. The van der Waals surface area contributed by atoms with Crippen molar-refractivity contribution in [1.82, 2.24) is 5.32 Å². The molecule has 1 heterocycles. The second-order valence-electron chi connectivity index (χ2n) is 3.51. The van der Waals surface area contributed by atoms with E-state index in [-0.39, 0.29) is 17.7 Å². The molecule has 0 saturated carbocycles. The Morgan fingerprint density at radius 1 is 1.50 bits per heavy atom. The molecule has 0 bridgehead atoms. The standard InChI is InChI=1S/C10H16N2O2/c11-7-3-1-2-4-8-5-6-9(13)12-10(8)14/h3,7-8H,1-2,4-6,11H2,(H,12,13,14)/b7-3+. The van der Waals surface area contributed by atoms with Crippen molar-refractivity contribution in [2.75, 3.05) is 0 Å². The fourth-order valence-corrected chi connectivity index (χ4v) is 1.59. The minimum atomic E-state index is -0.145. The number of rotatable bonds is 4. The van der Waals surface area contributed by atoms with Gasteiger partial charge in [-0.1, -0.05) is 6.08 Å². The van der Waals surface area contributed by atoms with E-state index in [9.17, 15) is 9.59 Å². The molecule has 1 atom stereocenters. The summed E-state index contributed by atoms with van der Waals surface area (Å²) in [4.78, 5) is 22.1. The smallest absolute Gasteiger partial charge is 0.229 e. The predicted octanol–water partition coefficient (Wildman–Crippen LogP) is 0.682. The maximum absolute atomic E-state index is 11.3. The van der Waals surface area contributed by atoms with Gasteiger partial charge in [0.2, 0.25) is 11.8 Å². The minimum absolute atomic E-state index is 0.0128. The first kappa shape index (κ1) is 10.8. The van der Waals surface area contributed by atoms with E-state index in [4.69, 9.17) is 5.73 Å². The summed E-state index contributed by atoms with van der Waals surface area (Å²) in [5, 5.41) is 2.35. The normalized spacial score (nSPS) is 22.7.